The van der Waals surface area contributed by atoms with Gasteiger partial charge < -0.3 is 5.32 Å². The predicted octanol–water partition coefficient (Wildman–Crippen LogP) is 6.19. The fourth-order valence-electron chi connectivity index (χ4n) is 4.78. The van der Waals surface area contributed by atoms with Crippen molar-refractivity contribution in [3.05, 3.63) is 77.9 Å². The van der Waals surface area contributed by atoms with E-state index in [1.54, 1.807) is 27.8 Å². The van der Waals surface area contributed by atoms with Crippen LogP contribution in [-0.4, -0.2) is 36.7 Å². The maximum Gasteiger partial charge on any atom is 0.255 e. The summed E-state index contributed by atoms with van der Waals surface area (Å²) in [5.41, 5.74) is 4.24. The molecule has 6 nitrogen and oxygen atoms in total. The number of amides is 1. The predicted molar refractivity (Wildman–Crippen MR) is 146 cm³/mol. The van der Waals surface area contributed by atoms with Gasteiger partial charge in [-0.2, -0.15) is 4.31 Å². The third-order valence-corrected chi connectivity index (χ3v) is 9.44. The zero-order chi connectivity index (χ0) is 25.4. The second-order valence-electron chi connectivity index (χ2n) is 9.81. The number of aromatic nitrogens is 1. The lowest BCUT2D eigenvalue weighted by molar-refractivity contribution is 0.102. The molecule has 1 N–H and O–H groups in total. The minimum atomic E-state index is -3.58. The average molecular weight is 520 g/mol. The lowest BCUT2D eigenvalue weighted by Gasteiger charge is -2.34. The molecule has 2 atom stereocenters. The van der Waals surface area contributed by atoms with Gasteiger partial charge in [0.2, 0.25) is 10.0 Å². The molecule has 0 bridgehead atoms. The van der Waals surface area contributed by atoms with Crippen molar-refractivity contribution < 1.29 is 13.2 Å². The van der Waals surface area contributed by atoms with Crippen LogP contribution in [0.5, 0.6) is 0 Å². The molecule has 0 radical (unpaired) electrons. The Labute approximate surface area is 216 Å². The van der Waals surface area contributed by atoms with Crippen molar-refractivity contribution in [3.8, 4) is 10.6 Å². The van der Waals surface area contributed by atoms with Crippen LogP contribution in [0.3, 0.4) is 0 Å². The second-order valence-corrected chi connectivity index (χ2v) is 12.8. The van der Waals surface area contributed by atoms with E-state index >= 15 is 0 Å². The summed E-state index contributed by atoms with van der Waals surface area (Å²) in [6.07, 6.45) is 1.03. The van der Waals surface area contributed by atoms with Crippen molar-refractivity contribution in [2.75, 3.05) is 18.4 Å². The van der Waals surface area contributed by atoms with Gasteiger partial charge in [-0.25, -0.2) is 13.4 Å². The van der Waals surface area contributed by atoms with E-state index in [1.807, 2.05) is 30.3 Å². The van der Waals surface area contributed by atoms with Crippen molar-refractivity contribution in [3.63, 3.8) is 0 Å². The summed E-state index contributed by atoms with van der Waals surface area (Å²) < 4.78 is 28.9. The number of rotatable bonds is 5. The third-order valence-electron chi connectivity index (χ3n) is 6.52. The van der Waals surface area contributed by atoms with Gasteiger partial charge in [0.25, 0.3) is 5.91 Å². The number of carbonyl (C=O) groups is 1. The van der Waals surface area contributed by atoms with Crippen LogP contribution in [-0.2, 0) is 10.0 Å². The number of piperidine rings is 1. The summed E-state index contributed by atoms with van der Waals surface area (Å²) in [6.45, 7) is 7.29. The van der Waals surface area contributed by atoms with E-state index in [0.717, 1.165) is 27.2 Å². The Morgan fingerprint density at radius 1 is 0.972 bits per heavy atom. The molecule has 1 fully saturated rings. The van der Waals surface area contributed by atoms with Crippen LogP contribution in [0.1, 0.15) is 36.2 Å². The van der Waals surface area contributed by atoms with Gasteiger partial charge in [-0.1, -0.05) is 19.9 Å². The fourth-order valence-corrected chi connectivity index (χ4v) is 7.53. The Balaban J connectivity index is 1.27. The van der Waals surface area contributed by atoms with Crippen LogP contribution in [0.25, 0.3) is 20.8 Å². The van der Waals surface area contributed by atoms with Gasteiger partial charge in [0.1, 0.15) is 5.01 Å². The molecule has 36 heavy (non-hydrogen) atoms. The number of sulfonamides is 1. The van der Waals surface area contributed by atoms with Crippen molar-refractivity contribution in [1.29, 1.82) is 0 Å². The van der Waals surface area contributed by atoms with Gasteiger partial charge in [0.05, 0.1) is 15.1 Å². The van der Waals surface area contributed by atoms with E-state index in [4.69, 9.17) is 4.98 Å². The summed E-state index contributed by atoms with van der Waals surface area (Å²) in [5, 5.41) is 3.82. The summed E-state index contributed by atoms with van der Waals surface area (Å²) in [6, 6.07) is 20.0. The smallest absolute Gasteiger partial charge is 0.255 e. The molecule has 186 valence electrons. The van der Waals surface area contributed by atoms with Gasteiger partial charge in [-0.05, 0) is 91.4 Å². The molecule has 1 aliphatic rings. The molecule has 5 rings (SSSR count). The Bertz CT molecular complexity index is 1500. The zero-order valence-corrected chi connectivity index (χ0v) is 22.2. The topological polar surface area (TPSA) is 79.4 Å². The first-order chi connectivity index (χ1) is 17.2. The van der Waals surface area contributed by atoms with Gasteiger partial charge in [-0.3, -0.25) is 4.79 Å². The minimum absolute atomic E-state index is 0.218. The lowest BCUT2D eigenvalue weighted by Crippen LogP contribution is -2.42. The maximum absolute atomic E-state index is 13.1. The highest BCUT2D eigenvalue weighted by atomic mass is 32.2. The van der Waals surface area contributed by atoms with Gasteiger partial charge in [0, 0.05) is 29.9 Å². The molecule has 3 aromatic carbocycles. The van der Waals surface area contributed by atoms with E-state index in [-0.39, 0.29) is 10.8 Å². The Kier molecular flexibility index (Phi) is 6.68. The molecule has 0 saturated carbocycles. The zero-order valence-electron chi connectivity index (χ0n) is 20.6. The molecule has 0 spiro atoms. The Morgan fingerprint density at radius 3 is 2.31 bits per heavy atom. The number of nitrogens with one attached hydrogen (secondary N) is 1. The van der Waals surface area contributed by atoms with Crippen molar-refractivity contribution in [1.82, 2.24) is 9.29 Å². The molecule has 1 aliphatic heterocycles. The standard InChI is InChI=1S/C28H29N3O3S2/c1-18-4-13-25-26(15-18)35-28(30-25)22-5-9-23(10-6-22)29-27(32)21-7-11-24(12-8-21)36(33,34)31-16-19(2)14-20(3)17-31/h4-13,15,19-20H,14,16-17H2,1-3H3,(H,29,32). The van der Waals surface area contributed by atoms with Crippen molar-refractivity contribution in [2.45, 2.75) is 32.1 Å². The highest BCUT2D eigenvalue weighted by Crippen LogP contribution is 2.31. The third kappa shape index (κ3) is 5.07. The molecule has 2 unspecified atom stereocenters. The average Bonchev–Trinajstić information content (AvgIpc) is 3.27. The molecule has 1 aromatic heterocycles. The molecule has 4 aromatic rings. The van der Waals surface area contributed by atoms with Crippen LogP contribution in [0, 0.1) is 18.8 Å². The second kappa shape index (κ2) is 9.76. The number of hydrogen-bond acceptors (Lipinski definition) is 5. The lowest BCUT2D eigenvalue weighted by atomic mass is 9.94. The maximum atomic E-state index is 13.1. The Hall–Kier alpha value is -3.07. The summed E-state index contributed by atoms with van der Waals surface area (Å²) in [7, 11) is -3.58. The van der Waals surface area contributed by atoms with Crippen LogP contribution in [0.15, 0.2) is 71.6 Å². The first-order valence-corrected chi connectivity index (χ1v) is 14.3. The van der Waals surface area contributed by atoms with E-state index in [0.29, 0.717) is 36.2 Å². The fraction of sp³-hybridized carbons (Fsp3) is 0.286. The van der Waals surface area contributed by atoms with Crippen LogP contribution >= 0.6 is 11.3 Å². The number of thiazole rings is 1. The first kappa shape index (κ1) is 24.6. The highest BCUT2D eigenvalue weighted by Gasteiger charge is 2.31. The van der Waals surface area contributed by atoms with Crippen LogP contribution in [0.4, 0.5) is 5.69 Å². The highest BCUT2D eigenvalue weighted by molar-refractivity contribution is 7.89. The molecular weight excluding hydrogens is 490 g/mol. The molecule has 0 aliphatic carbocycles. The normalized spacial score (nSPS) is 18.9. The number of benzene rings is 3. The molecule has 1 saturated heterocycles. The van der Waals surface area contributed by atoms with E-state index < -0.39 is 10.0 Å². The van der Waals surface area contributed by atoms with E-state index in [2.05, 4.69) is 38.2 Å². The van der Waals surface area contributed by atoms with Crippen molar-refractivity contribution >= 4 is 43.2 Å². The number of fused-ring (bicyclic) bond motifs is 1. The largest absolute Gasteiger partial charge is 0.322 e. The molecule has 2 heterocycles. The van der Waals surface area contributed by atoms with Crippen molar-refractivity contribution in [2.24, 2.45) is 11.8 Å². The number of aryl methyl sites for hydroxylation is 1. The summed E-state index contributed by atoms with van der Waals surface area (Å²) in [4.78, 5) is 17.7. The number of hydrogen-bond donors (Lipinski definition) is 1. The van der Waals surface area contributed by atoms with Crippen LogP contribution < -0.4 is 5.32 Å². The summed E-state index contributed by atoms with van der Waals surface area (Å²) in [5.74, 6) is 0.375. The summed E-state index contributed by atoms with van der Waals surface area (Å²) >= 11 is 1.64. The molecule has 8 heteroatoms. The van der Waals surface area contributed by atoms with Gasteiger partial charge in [-0.15, -0.1) is 11.3 Å². The monoisotopic (exact) mass is 519 g/mol. The molecule has 1 amide bonds. The van der Waals surface area contributed by atoms with Gasteiger partial charge >= 0.3 is 0 Å². The van der Waals surface area contributed by atoms with E-state index in [1.165, 1.54) is 17.7 Å². The van der Waals surface area contributed by atoms with Gasteiger partial charge in [0.15, 0.2) is 0 Å². The van der Waals surface area contributed by atoms with Crippen LogP contribution in [0.2, 0.25) is 0 Å². The quantitative estimate of drug-likeness (QED) is 0.341. The SMILES string of the molecule is Cc1ccc2nc(-c3ccc(NC(=O)c4ccc(S(=O)(=O)N5CC(C)CC(C)C5)cc4)cc3)sc2c1. The molecular formula is C28H29N3O3S2. The van der Waals surface area contributed by atoms with E-state index in [9.17, 15) is 13.2 Å². The first-order valence-electron chi connectivity index (χ1n) is 12.1. The number of anilines is 1. The number of nitrogens with zero attached hydrogens (tertiary/aromatic N) is 2. The Morgan fingerprint density at radius 2 is 1.64 bits per heavy atom. The minimum Gasteiger partial charge on any atom is -0.322 e. The number of carbonyl (C=O) groups excluding carboxylic acids is 1.